The van der Waals surface area contributed by atoms with Gasteiger partial charge in [-0.3, -0.25) is 14.9 Å². The average molecular weight is 289 g/mol. The maximum absolute atomic E-state index is 11.2. The fourth-order valence-electron chi connectivity index (χ4n) is 2.12. The molecule has 2 aromatic rings. The van der Waals surface area contributed by atoms with E-state index in [1.807, 2.05) is 6.07 Å². The Morgan fingerprint density at radius 2 is 2.14 bits per heavy atom. The number of nitro groups is 1. The van der Waals surface area contributed by atoms with E-state index in [1.165, 1.54) is 13.3 Å². The van der Waals surface area contributed by atoms with E-state index in [4.69, 9.17) is 0 Å². The predicted octanol–water partition coefficient (Wildman–Crippen LogP) is 2.14. The molecule has 0 atom stereocenters. The molecular weight excluding hydrogens is 274 g/mol. The van der Waals surface area contributed by atoms with Crippen molar-refractivity contribution in [2.24, 2.45) is 0 Å². The fraction of sp³-hybridized carbons (Fsp3) is 0.286. The molecular formula is C14H15N3O4. The summed E-state index contributed by atoms with van der Waals surface area (Å²) < 4.78 is 4.59. The molecule has 2 rings (SSSR count). The van der Waals surface area contributed by atoms with Gasteiger partial charge in [-0.05, 0) is 6.07 Å². The van der Waals surface area contributed by atoms with E-state index >= 15 is 0 Å². The molecule has 0 N–H and O–H groups in total. The molecule has 0 saturated carbocycles. The van der Waals surface area contributed by atoms with Crippen LogP contribution in [0.2, 0.25) is 0 Å². The summed E-state index contributed by atoms with van der Waals surface area (Å²) in [5, 5.41) is 11.9. The number of benzene rings is 1. The van der Waals surface area contributed by atoms with Gasteiger partial charge in [0.05, 0.1) is 24.0 Å². The van der Waals surface area contributed by atoms with Crippen LogP contribution in [0.1, 0.15) is 6.42 Å². The molecule has 21 heavy (non-hydrogen) atoms. The van der Waals surface area contributed by atoms with Crippen LogP contribution >= 0.6 is 0 Å². The van der Waals surface area contributed by atoms with Gasteiger partial charge in [0, 0.05) is 19.0 Å². The number of ether oxygens (including phenoxy) is 1. The summed E-state index contributed by atoms with van der Waals surface area (Å²) in [5.41, 5.74) is 1.04. The normalized spacial score (nSPS) is 10.4. The zero-order chi connectivity index (χ0) is 15.4. The molecule has 7 heteroatoms. The van der Waals surface area contributed by atoms with Crippen LogP contribution < -0.4 is 4.90 Å². The van der Waals surface area contributed by atoms with Gasteiger partial charge in [0.25, 0.3) is 0 Å². The highest BCUT2D eigenvalue weighted by Gasteiger charge is 2.21. The van der Waals surface area contributed by atoms with Crippen molar-refractivity contribution in [1.82, 2.24) is 4.98 Å². The highest BCUT2D eigenvalue weighted by Crippen LogP contribution is 2.34. The number of hydrogen-bond acceptors (Lipinski definition) is 6. The fourth-order valence-corrected chi connectivity index (χ4v) is 2.12. The monoisotopic (exact) mass is 289 g/mol. The van der Waals surface area contributed by atoms with Gasteiger partial charge < -0.3 is 9.64 Å². The van der Waals surface area contributed by atoms with Crippen molar-refractivity contribution in [1.29, 1.82) is 0 Å². The maximum atomic E-state index is 11.2. The molecule has 0 radical (unpaired) electrons. The van der Waals surface area contributed by atoms with Gasteiger partial charge >= 0.3 is 11.7 Å². The quantitative estimate of drug-likeness (QED) is 0.476. The number of pyridine rings is 1. The Morgan fingerprint density at radius 3 is 2.81 bits per heavy atom. The van der Waals surface area contributed by atoms with Crippen LogP contribution in [0.3, 0.4) is 0 Å². The number of para-hydroxylation sites is 1. The third-order valence-electron chi connectivity index (χ3n) is 3.19. The number of anilines is 1. The van der Waals surface area contributed by atoms with Gasteiger partial charge in [0.15, 0.2) is 0 Å². The van der Waals surface area contributed by atoms with E-state index < -0.39 is 4.92 Å². The van der Waals surface area contributed by atoms with Crippen molar-refractivity contribution in [2.45, 2.75) is 6.42 Å². The summed E-state index contributed by atoms with van der Waals surface area (Å²) in [5.74, 6) is -0.358. The number of nitrogens with zero attached hydrogens (tertiary/aromatic N) is 3. The second kappa shape index (κ2) is 6.17. The van der Waals surface area contributed by atoms with Gasteiger partial charge in [-0.15, -0.1) is 0 Å². The minimum Gasteiger partial charge on any atom is -0.469 e. The topological polar surface area (TPSA) is 85.6 Å². The standard InChI is InChI=1S/C14H15N3O4/c1-16(8-7-13(18)21-2)14-10-5-3-4-6-11(10)15-9-12(14)17(19)20/h3-6,9H,7-8H2,1-2H3. The zero-order valence-electron chi connectivity index (χ0n) is 11.8. The summed E-state index contributed by atoms with van der Waals surface area (Å²) in [4.78, 5) is 27.8. The summed E-state index contributed by atoms with van der Waals surface area (Å²) >= 11 is 0. The number of carbonyl (C=O) groups excluding carboxylic acids is 1. The Hall–Kier alpha value is -2.70. The first kappa shape index (κ1) is 14.7. The molecule has 0 aliphatic carbocycles. The van der Waals surface area contributed by atoms with Crippen LogP contribution in [0.4, 0.5) is 11.4 Å². The minimum absolute atomic E-state index is 0.0823. The molecule has 0 spiro atoms. The molecule has 7 nitrogen and oxygen atoms in total. The van der Waals surface area contributed by atoms with Gasteiger partial charge in [-0.1, -0.05) is 18.2 Å². The molecule has 0 saturated heterocycles. The Balaban J connectivity index is 2.45. The molecule has 0 aliphatic rings. The van der Waals surface area contributed by atoms with Crippen LogP contribution in [0.15, 0.2) is 30.5 Å². The van der Waals surface area contributed by atoms with Crippen LogP contribution in [-0.4, -0.2) is 36.6 Å². The largest absolute Gasteiger partial charge is 0.469 e. The molecule has 0 fully saturated rings. The summed E-state index contributed by atoms with van der Waals surface area (Å²) in [7, 11) is 3.02. The first-order chi connectivity index (χ1) is 10.0. The smallest absolute Gasteiger partial charge is 0.311 e. The second-order valence-electron chi connectivity index (χ2n) is 4.51. The lowest BCUT2D eigenvalue weighted by Gasteiger charge is -2.20. The molecule has 1 aromatic heterocycles. The zero-order valence-corrected chi connectivity index (χ0v) is 11.8. The van der Waals surface area contributed by atoms with Crippen molar-refractivity contribution in [3.8, 4) is 0 Å². The Bertz CT molecular complexity index is 687. The highest BCUT2D eigenvalue weighted by molar-refractivity contribution is 5.96. The van der Waals surface area contributed by atoms with Crippen molar-refractivity contribution >= 4 is 28.2 Å². The summed E-state index contributed by atoms with van der Waals surface area (Å²) in [6.45, 7) is 0.321. The van der Waals surface area contributed by atoms with E-state index in [2.05, 4.69) is 9.72 Å². The van der Waals surface area contributed by atoms with Crippen LogP contribution in [0.25, 0.3) is 10.9 Å². The van der Waals surface area contributed by atoms with E-state index in [9.17, 15) is 14.9 Å². The molecule has 0 unspecified atom stereocenters. The van der Waals surface area contributed by atoms with Crippen molar-refractivity contribution < 1.29 is 14.5 Å². The lowest BCUT2D eigenvalue weighted by Crippen LogP contribution is -2.23. The number of rotatable bonds is 5. The highest BCUT2D eigenvalue weighted by atomic mass is 16.6. The SMILES string of the molecule is COC(=O)CCN(C)c1c([N+](=O)[O-])cnc2ccccc12. The lowest BCUT2D eigenvalue weighted by molar-refractivity contribution is -0.384. The van der Waals surface area contributed by atoms with E-state index in [-0.39, 0.29) is 18.1 Å². The number of carbonyl (C=O) groups is 1. The minimum atomic E-state index is -0.469. The summed E-state index contributed by atoms with van der Waals surface area (Å²) in [6.07, 6.45) is 1.40. The molecule has 1 aromatic carbocycles. The Kier molecular flexibility index (Phi) is 4.32. The van der Waals surface area contributed by atoms with Gasteiger partial charge in [0.1, 0.15) is 11.9 Å². The van der Waals surface area contributed by atoms with E-state index in [0.29, 0.717) is 23.1 Å². The van der Waals surface area contributed by atoms with Crippen LogP contribution in [-0.2, 0) is 9.53 Å². The number of fused-ring (bicyclic) bond motifs is 1. The molecule has 0 bridgehead atoms. The van der Waals surface area contributed by atoms with Crippen LogP contribution in [0.5, 0.6) is 0 Å². The van der Waals surface area contributed by atoms with Gasteiger partial charge in [-0.25, -0.2) is 4.98 Å². The Morgan fingerprint density at radius 1 is 1.43 bits per heavy atom. The third-order valence-corrected chi connectivity index (χ3v) is 3.19. The van der Waals surface area contributed by atoms with Gasteiger partial charge in [-0.2, -0.15) is 0 Å². The van der Waals surface area contributed by atoms with Crippen molar-refractivity contribution in [3.63, 3.8) is 0 Å². The lowest BCUT2D eigenvalue weighted by atomic mass is 10.1. The Labute approximate surface area is 121 Å². The van der Waals surface area contributed by atoms with Crippen molar-refractivity contribution in [3.05, 3.63) is 40.6 Å². The summed E-state index contributed by atoms with van der Waals surface area (Å²) in [6, 6.07) is 7.18. The molecule has 0 aliphatic heterocycles. The number of aromatic nitrogens is 1. The van der Waals surface area contributed by atoms with Gasteiger partial charge in [0.2, 0.25) is 0 Å². The van der Waals surface area contributed by atoms with Crippen LogP contribution in [0, 0.1) is 10.1 Å². The van der Waals surface area contributed by atoms with Crippen molar-refractivity contribution in [2.75, 3.05) is 25.6 Å². The average Bonchev–Trinajstić information content (AvgIpc) is 2.50. The first-order valence-corrected chi connectivity index (χ1v) is 6.34. The van der Waals surface area contributed by atoms with E-state index in [0.717, 1.165) is 0 Å². The number of esters is 1. The number of hydrogen-bond donors (Lipinski definition) is 0. The second-order valence-corrected chi connectivity index (χ2v) is 4.51. The first-order valence-electron chi connectivity index (χ1n) is 6.34. The molecule has 1 heterocycles. The maximum Gasteiger partial charge on any atom is 0.311 e. The molecule has 110 valence electrons. The third kappa shape index (κ3) is 3.07. The van der Waals surface area contributed by atoms with E-state index in [1.54, 1.807) is 30.1 Å². The molecule has 0 amide bonds. The predicted molar refractivity (Wildman–Crippen MR) is 78.3 cm³/mol. The number of methoxy groups -OCH3 is 1.